The van der Waals surface area contributed by atoms with Crippen LogP contribution in [0.4, 0.5) is 0 Å². The lowest BCUT2D eigenvalue weighted by molar-refractivity contribution is 0.0719. The molecular formula is C20H10Cl4O4. The zero-order valence-corrected chi connectivity index (χ0v) is 16.9. The smallest absolute Gasteiger partial charge is 0.345 e. The van der Waals surface area contributed by atoms with Crippen LogP contribution in [0.2, 0.25) is 20.1 Å². The molecule has 0 aliphatic rings. The molecule has 0 amide bonds. The number of hydrogen-bond donors (Lipinski definition) is 0. The van der Waals surface area contributed by atoms with Gasteiger partial charge in [-0.1, -0.05) is 46.4 Å². The average molecular weight is 456 g/mol. The first-order valence-electron chi connectivity index (χ1n) is 7.78. The molecule has 142 valence electrons. The summed E-state index contributed by atoms with van der Waals surface area (Å²) in [5, 5.41) is 1.19. The number of benzene rings is 3. The van der Waals surface area contributed by atoms with Gasteiger partial charge >= 0.3 is 11.9 Å². The van der Waals surface area contributed by atoms with E-state index in [0.29, 0.717) is 10.0 Å². The second-order valence-corrected chi connectivity index (χ2v) is 7.19. The molecule has 0 unspecified atom stereocenters. The zero-order valence-electron chi connectivity index (χ0n) is 13.9. The molecule has 4 nitrogen and oxygen atoms in total. The lowest BCUT2D eigenvalue weighted by Crippen LogP contribution is -2.10. The highest BCUT2D eigenvalue weighted by molar-refractivity contribution is 6.37. The van der Waals surface area contributed by atoms with E-state index in [2.05, 4.69) is 0 Å². The normalized spacial score (nSPS) is 10.4. The van der Waals surface area contributed by atoms with Gasteiger partial charge in [-0.3, -0.25) is 0 Å². The molecule has 0 radical (unpaired) electrons. The van der Waals surface area contributed by atoms with Crippen LogP contribution >= 0.6 is 46.4 Å². The Kier molecular flexibility index (Phi) is 6.47. The van der Waals surface area contributed by atoms with E-state index in [1.165, 1.54) is 60.7 Å². The van der Waals surface area contributed by atoms with Crippen molar-refractivity contribution in [3.05, 3.63) is 91.9 Å². The van der Waals surface area contributed by atoms with E-state index in [-0.39, 0.29) is 32.7 Å². The maximum Gasteiger partial charge on any atom is 0.345 e. The molecule has 0 atom stereocenters. The zero-order chi connectivity index (χ0) is 20.3. The predicted molar refractivity (Wildman–Crippen MR) is 109 cm³/mol. The molecule has 0 aliphatic heterocycles. The first kappa shape index (κ1) is 20.5. The number of carbonyl (C=O) groups excluding carboxylic acids is 2. The molecule has 0 aliphatic carbocycles. The monoisotopic (exact) mass is 454 g/mol. The van der Waals surface area contributed by atoms with Gasteiger partial charge in [-0.25, -0.2) is 9.59 Å². The summed E-state index contributed by atoms with van der Waals surface area (Å²) in [7, 11) is 0. The lowest BCUT2D eigenvalue weighted by atomic mass is 10.2. The van der Waals surface area contributed by atoms with Gasteiger partial charge < -0.3 is 9.47 Å². The Bertz CT molecular complexity index is 964. The minimum Gasteiger partial charge on any atom is -0.423 e. The summed E-state index contributed by atoms with van der Waals surface area (Å²) in [5.41, 5.74) is 0.359. The molecule has 0 fully saturated rings. The molecule has 8 heteroatoms. The average Bonchev–Trinajstić information content (AvgIpc) is 2.63. The van der Waals surface area contributed by atoms with Crippen LogP contribution in [-0.4, -0.2) is 11.9 Å². The Morgan fingerprint density at radius 1 is 0.571 bits per heavy atom. The van der Waals surface area contributed by atoms with Crippen molar-refractivity contribution in [3.8, 4) is 11.5 Å². The van der Waals surface area contributed by atoms with Crippen LogP contribution in [0.5, 0.6) is 11.5 Å². The Morgan fingerprint density at radius 3 is 1.25 bits per heavy atom. The van der Waals surface area contributed by atoms with Gasteiger partial charge in [-0.2, -0.15) is 0 Å². The fraction of sp³-hybridized carbons (Fsp3) is 0. The van der Waals surface area contributed by atoms with Crippen molar-refractivity contribution < 1.29 is 19.1 Å². The standard InChI is InChI=1S/C20H10Cl4O4/c21-11-1-7-15(17(23)9-11)19(25)27-13-3-5-14(6-4-13)28-20(26)16-8-2-12(22)10-18(16)24/h1-10H. The van der Waals surface area contributed by atoms with Crippen molar-refractivity contribution in [1.82, 2.24) is 0 Å². The number of halogens is 4. The van der Waals surface area contributed by atoms with Gasteiger partial charge in [0.1, 0.15) is 11.5 Å². The Hall–Kier alpha value is -2.24. The van der Waals surface area contributed by atoms with Crippen molar-refractivity contribution >= 4 is 58.3 Å². The predicted octanol–water partition coefficient (Wildman–Crippen LogP) is 6.74. The maximum atomic E-state index is 12.2. The van der Waals surface area contributed by atoms with Crippen LogP contribution in [0.1, 0.15) is 20.7 Å². The first-order chi connectivity index (χ1) is 13.3. The van der Waals surface area contributed by atoms with Crippen LogP contribution in [0.25, 0.3) is 0 Å². The number of hydrogen-bond acceptors (Lipinski definition) is 4. The quantitative estimate of drug-likeness (QED) is 0.323. The van der Waals surface area contributed by atoms with Crippen molar-refractivity contribution in [2.75, 3.05) is 0 Å². The number of ether oxygens (including phenoxy) is 2. The van der Waals surface area contributed by atoms with E-state index in [1.54, 1.807) is 0 Å². The molecule has 0 N–H and O–H groups in total. The van der Waals surface area contributed by atoms with Crippen LogP contribution in [-0.2, 0) is 0 Å². The SMILES string of the molecule is O=C(Oc1ccc(OC(=O)c2ccc(Cl)cc2Cl)cc1)c1ccc(Cl)cc1Cl. The van der Waals surface area contributed by atoms with Gasteiger partial charge in [-0.15, -0.1) is 0 Å². The van der Waals surface area contributed by atoms with Crippen molar-refractivity contribution in [1.29, 1.82) is 0 Å². The van der Waals surface area contributed by atoms with E-state index < -0.39 is 11.9 Å². The Balaban J connectivity index is 1.67. The third-order valence-corrected chi connectivity index (χ3v) is 4.64. The number of esters is 2. The minimum atomic E-state index is -0.639. The summed E-state index contributed by atoms with van der Waals surface area (Å²) >= 11 is 23.6. The summed E-state index contributed by atoms with van der Waals surface area (Å²) in [5.74, 6) is -0.778. The summed E-state index contributed by atoms with van der Waals surface area (Å²) in [6, 6.07) is 14.8. The number of rotatable bonds is 4. The first-order valence-corrected chi connectivity index (χ1v) is 9.29. The highest BCUT2D eigenvalue weighted by Crippen LogP contribution is 2.25. The minimum absolute atomic E-state index is 0.180. The van der Waals surface area contributed by atoms with E-state index in [0.717, 1.165) is 0 Å². The van der Waals surface area contributed by atoms with Crippen LogP contribution in [0.3, 0.4) is 0 Å². The fourth-order valence-electron chi connectivity index (χ4n) is 2.21. The van der Waals surface area contributed by atoms with Gasteiger partial charge in [0.15, 0.2) is 0 Å². The fourth-order valence-corrected chi connectivity index (χ4v) is 3.18. The summed E-state index contributed by atoms with van der Waals surface area (Å²) < 4.78 is 10.5. The molecule has 0 spiro atoms. The second kappa shape index (κ2) is 8.84. The molecule has 0 bridgehead atoms. The molecule has 3 aromatic carbocycles. The third kappa shape index (κ3) is 4.97. The Labute approximate surface area is 180 Å². The van der Waals surface area contributed by atoms with Crippen LogP contribution in [0.15, 0.2) is 60.7 Å². The second-order valence-electron chi connectivity index (χ2n) is 5.50. The molecule has 3 aromatic rings. The van der Waals surface area contributed by atoms with Gasteiger partial charge in [0.2, 0.25) is 0 Å². The Morgan fingerprint density at radius 2 is 0.929 bits per heavy atom. The van der Waals surface area contributed by atoms with Crippen LogP contribution in [0, 0.1) is 0 Å². The third-order valence-electron chi connectivity index (χ3n) is 3.55. The molecule has 28 heavy (non-hydrogen) atoms. The van der Waals surface area contributed by atoms with Gasteiger partial charge in [0.25, 0.3) is 0 Å². The van der Waals surface area contributed by atoms with Crippen LogP contribution < -0.4 is 9.47 Å². The van der Waals surface area contributed by atoms with E-state index in [1.807, 2.05) is 0 Å². The van der Waals surface area contributed by atoms with Gasteiger partial charge in [0, 0.05) is 10.0 Å². The van der Waals surface area contributed by atoms with E-state index in [4.69, 9.17) is 55.9 Å². The summed E-state index contributed by atoms with van der Waals surface area (Å²) in [6.07, 6.45) is 0. The van der Waals surface area contributed by atoms with E-state index >= 15 is 0 Å². The van der Waals surface area contributed by atoms with Crippen molar-refractivity contribution in [2.24, 2.45) is 0 Å². The molecule has 0 aromatic heterocycles. The van der Waals surface area contributed by atoms with Crippen molar-refractivity contribution in [2.45, 2.75) is 0 Å². The molecule has 3 rings (SSSR count). The summed E-state index contributed by atoms with van der Waals surface area (Å²) in [6.45, 7) is 0. The highest BCUT2D eigenvalue weighted by atomic mass is 35.5. The molecular weight excluding hydrogens is 446 g/mol. The molecule has 0 saturated heterocycles. The largest absolute Gasteiger partial charge is 0.423 e. The van der Waals surface area contributed by atoms with E-state index in [9.17, 15) is 9.59 Å². The topological polar surface area (TPSA) is 52.6 Å². The van der Waals surface area contributed by atoms with Gasteiger partial charge in [-0.05, 0) is 60.7 Å². The van der Waals surface area contributed by atoms with Crippen molar-refractivity contribution in [3.63, 3.8) is 0 Å². The molecule has 0 heterocycles. The summed E-state index contributed by atoms with van der Waals surface area (Å²) in [4.78, 5) is 24.4. The molecule has 0 saturated carbocycles. The lowest BCUT2D eigenvalue weighted by Gasteiger charge is -2.08. The highest BCUT2D eigenvalue weighted by Gasteiger charge is 2.15. The number of carbonyl (C=O) groups is 2. The van der Waals surface area contributed by atoms with Gasteiger partial charge in [0.05, 0.1) is 21.2 Å². The maximum absolute atomic E-state index is 12.2.